The zero-order valence-electron chi connectivity index (χ0n) is 9.75. The minimum absolute atomic E-state index is 0.613. The van der Waals surface area contributed by atoms with E-state index in [9.17, 15) is 0 Å². The first-order valence-corrected chi connectivity index (χ1v) is 6.83. The fourth-order valence-corrected chi connectivity index (χ4v) is 2.74. The summed E-state index contributed by atoms with van der Waals surface area (Å²) >= 11 is 6.96. The number of hydrogen-bond donors (Lipinski definition) is 1. The van der Waals surface area contributed by atoms with Gasteiger partial charge in [-0.1, -0.05) is 23.8 Å². The highest BCUT2D eigenvalue weighted by Gasteiger charge is 2.10. The molecule has 3 rings (SSSR count). The summed E-state index contributed by atoms with van der Waals surface area (Å²) in [6.45, 7) is 2.07. The molecule has 1 aromatic carbocycles. The smallest absolute Gasteiger partial charge is 0.200 e. The molecule has 5 heteroatoms. The summed E-state index contributed by atoms with van der Waals surface area (Å²) in [7, 11) is 0. The molecule has 1 N–H and O–H groups in total. The van der Waals surface area contributed by atoms with E-state index in [1.807, 2.05) is 22.1 Å². The average Bonchev–Trinajstić information content (AvgIpc) is 2.99. The molecule has 0 aliphatic carbocycles. The van der Waals surface area contributed by atoms with Crippen LogP contribution in [-0.2, 0) is 0 Å². The molecule has 3 aromatic rings. The monoisotopic (exact) mass is 273 g/mol. The Morgan fingerprint density at radius 1 is 1.22 bits per heavy atom. The third-order valence-corrected chi connectivity index (χ3v) is 3.85. The summed E-state index contributed by atoms with van der Waals surface area (Å²) < 4.78 is 2.57. The molecule has 0 saturated carbocycles. The number of benzene rings is 1. The van der Waals surface area contributed by atoms with E-state index in [0.717, 1.165) is 16.4 Å². The number of H-pyrrole nitrogens is 1. The summed E-state index contributed by atoms with van der Waals surface area (Å²) in [5.74, 6) is 0.860. The molecule has 0 amide bonds. The van der Waals surface area contributed by atoms with Crippen molar-refractivity contribution in [2.45, 2.75) is 6.92 Å². The van der Waals surface area contributed by atoms with Gasteiger partial charge in [-0.3, -0.25) is 9.67 Å². The predicted molar refractivity (Wildman–Crippen MR) is 76.8 cm³/mol. The predicted octanol–water partition coefficient (Wildman–Crippen LogP) is 3.97. The zero-order chi connectivity index (χ0) is 12.5. The second-order valence-electron chi connectivity index (χ2n) is 4.00. The van der Waals surface area contributed by atoms with Gasteiger partial charge in [0.05, 0.1) is 10.6 Å². The van der Waals surface area contributed by atoms with Crippen LogP contribution in [0.1, 0.15) is 5.56 Å². The van der Waals surface area contributed by atoms with Gasteiger partial charge in [0.2, 0.25) is 0 Å². The van der Waals surface area contributed by atoms with Crippen LogP contribution in [-0.4, -0.2) is 14.8 Å². The number of nitrogens with one attached hydrogen (secondary N) is 1. The number of aromatic amines is 1. The molecule has 0 spiro atoms. The van der Waals surface area contributed by atoms with E-state index in [4.69, 9.17) is 12.2 Å². The molecule has 0 bridgehead atoms. The molecule has 0 radical (unpaired) electrons. The average molecular weight is 273 g/mol. The van der Waals surface area contributed by atoms with E-state index in [-0.39, 0.29) is 0 Å². The molecule has 2 heterocycles. The van der Waals surface area contributed by atoms with E-state index in [1.165, 1.54) is 5.56 Å². The SMILES string of the molecule is Cc1ccc(-n2c(-c3cccs3)n[nH]c2=S)cc1. The maximum atomic E-state index is 5.31. The van der Waals surface area contributed by atoms with Gasteiger partial charge >= 0.3 is 0 Å². The van der Waals surface area contributed by atoms with Gasteiger partial charge < -0.3 is 0 Å². The minimum atomic E-state index is 0.613. The zero-order valence-corrected chi connectivity index (χ0v) is 11.4. The Bertz CT molecular complexity index is 706. The van der Waals surface area contributed by atoms with E-state index in [2.05, 4.69) is 41.4 Å². The molecule has 0 aliphatic rings. The number of aromatic nitrogens is 3. The Hall–Kier alpha value is -1.72. The first-order chi connectivity index (χ1) is 8.75. The third-order valence-electron chi connectivity index (χ3n) is 2.71. The summed E-state index contributed by atoms with van der Waals surface area (Å²) in [6.07, 6.45) is 0. The lowest BCUT2D eigenvalue weighted by Crippen LogP contribution is -1.96. The Labute approximate surface area is 114 Å². The van der Waals surface area contributed by atoms with Gasteiger partial charge in [-0.05, 0) is 42.7 Å². The number of rotatable bonds is 2. The number of hydrogen-bond acceptors (Lipinski definition) is 3. The van der Waals surface area contributed by atoms with Crippen molar-refractivity contribution in [3.05, 3.63) is 52.1 Å². The summed E-state index contributed by atoms with van der Waals surface area (Å²) in [6, 6.07) is 12.3. The van der Waals surface area contributed by atoms with Crippen molar-refractivity contribution in [2.24, 2.45) is 0 Å². The van der Waals surface area contributed by atoms with Crippen molar-refractivity contribution >= 4 is 23.6 Å². The summed E-state index contributed by atoms with van der Waals surface area (Å²) in [5.41, 5.74) is 2.26. The van der Waals surface area contributed by atoms with Crippen LogP contribution in [0, 0.1) is 11.7 Å². The molecule has 90 valence electrons. The van der Waals surface area contributed by atoms with Gasteiger partial charge in [0.15, 0.2) is 10.6 Å². The largest absolute Gasteiger partial charge is 0.267 e. The van der Waals surface area contributed by atoms with Crippen LogP contribution in [0.4, 0.5) is 0 Å². The Balaban J connectivity index is 2.20. The Morgan fingerprint density at radius 2 is 2.00 bits per heavy atom. The van der Waals surface area contributed by atoms with Crippen molar-refractivity contribution in [2.75, 3.05) is 0 Å². The minimum Gasteiger partial charge on any atom is -0.267 e. The lowest BCUT2D eigenvalue weighted by molar-refractivity contribution is 1.04. The first-order valence-electron chi connectivity index (χ1n) is 5.54. The van der Waals surface area contributed by atoms with E-state index >= 15 is 0 Å². The second kappa shape index (κ2) is 4.51. The van der Waals surface area contributed by atoms with E-state index in [1.54, 1.807) is 11.3 Å². The maximum Gasteiger partial charge on any atom is 0.200 e. The van der Waals surface area contributed by atoms with Gasteiger partial charge in [-0.25, -0.2) is 0 Å². The van der Waals surface area contributed by atoms with Crippen LogP contribution >= 0.6 is 23.6 Å². The highest BCUT2D eigenvalue weighted by molar-refractivity contribution is 7.71. The van der Waals surface area contributed by atoms with Gasteiger partial charge in [0, 0.05) is 0 Å². The van der Waals surface area contributed by atoms with Gasteiger partial charge in [0.25, 0.3) is 0 Å². The number of nitrogens with zero attached hydrogens (tertiary/aromatic N) is 2. The lowest BCUT2D eigenvalue weighted by atomic mass is 10.2. The van der Waals surface area contributed by atoms with Crippen LogP contribution in [0.5, 0.6) is 0 Å². The molecule has 3 nitrogen and oxygen atoms in total. The lowest BCUT2D eigenvalue weighted by Gasteiger charge is -2.05. The molecular weight excluding hydrogens is 262 g/mol. The fourth-order valence-electron chi connectivity index (χ4n) is 1.80. The quantitative estimate of drug-likeness (QED) is 0.717. The Morgan fingerprint density at radius 3 is 2.67 bits per heavy atom. The van der Waals surface area contributed by atoms with Crippen molar-refractivity contribution in [3.63, 3.8) is 0 Å². The van der Waals surface area contributed by atoms with Gasteiger partial charge in [-0.2, -0.15) is 5.10 Å². The molecule has 0 saturated heterocycles. The highest BCUT2D eigenvalue weighted by atomic mass is 32.1. The van der Waals surface area contributed by atoms with Crippen molar-refractivity contribution < 1.29 is 0 Å². The van der Waals surface area contributed by atoms with E-state index in [0.29, 0.717) is 4.77 Å². The molecular formula is C13H11N3S2. The standard InChI is InChI=1S/C13H11N3S2/c1-9-4-6-10(7-5-9)16-12(14-15-13(16)17)11-3-2-8-18-11/h2-8H,1H3,(H,15,17). The normalized spacial score (nSPS) is 10.7. The number of aryl methyl sites for hydroxylation is 1. The second-order valence-corrected chi connectivity index (χ2v) is 5.34. The van der Waals surface area contributed by atoms with Crippen molar-refractivity contribution in [1.82, 2.24) is 14.8 Å². The summed E-state index contributed by atoms with van der Waals surface area (Å²) in [4.78, 5) is 1.10. The van der Waals surface area contributed by atoms with Crippen molar-refractivity contribution in [1.29, 1.82) is 0 Å². The van der Waals surface area contributed by atoms with Crippen LogP contribution in [0.25, 0.3) is 16.4 Å². The van der Waals surface area contributed by atoms with Crippen LogP contribution in [0.3, 0.4) is 0 Å². The fraction of sp³-hybridized carbons (Fsp3) is 0.0769. The van der Waals surface area contributed by atoms with Gasteiger partial charge in [-0.15, -0.1) is 11.3 Å². The molecule has 0 atom stereocenters. The molecule has 0 fully saturated rings. The first kappa shape index (κ1) is 11.4. The molecule has 18 heavy (non-hydrogen) atoms. The molecule has 0 aliphatic heterocycles. The van der Waals surface area contributed by atoms with Crippen molar-refractivity contribution in [3.8, 4) is 16.4 Å². The molecule has 0 unspecified atom stereocenters. The van der Waals surface area contributed by atoms with Crippen LogP contribution in [0.2, 0.25) is 0 Å². The van der Waals surface area contributed by atoms with Crippen LogP contribution < -0.4 is 0 Å². The maximum absolute atomic E-state index is 5.31. The van der Waals surface area contributed by atoms with E-state index < -0.39 is 0 Å². The number of thiophene rings is 1. The molecule has 2 aromatic heterocycles. The van der Waals surface area contributed by atoms with Gasteiger partial charge in [0.1, 0.15) is 0 Å². The Kier molecular flexibility index (Phi) is 2.85. The topological polar surface area (TPSA) is 33.6 Å². The third kappa shape index (κ3) is 1.91. The van der Waals surface area contributed by atoms with Crippen LogP contribution in [0.15, 0.2) is 41.8 Å². The summed E-state index contributed by atoms with van der Waals surface area (Å²) in [5, 5.41) is 9.21. The highest BCUT2D eigenvalue weighted by Crippen LogP contribution is 2.25.